The molecule has 0 bridgehead atoms. The largest absolute Gasteiger partial charge is 0.468 e. The van der Waals surface area contributed by atoms with E-state index < -0.39 is 12.1 Å². The van der Waals surface area contributed by atoms with E-state index in [-0.39, 0.29) is 5.97 Å². The smallest absolute Gasteiger partial charge is 0.325 e. The van der Waals surface area contributed by atoms with Gasteiger partial charge in [0.2, 0.25) is 0 Å². The van der Waals surface area contributed by atoms with Gasteiger partial charge in [0.1, 0.15) is 6.04 Å². The lowest BCUT2D eigenvalue weighted by molar-refractivity contribution is -0.154. The Morgan fingerprint density at radius 1 is 1.63 bits per heavy atom. The van der Waals surface area contributed by atoms with Gasteiger partial charge in [-0.3, -0.25) is 14.4 Å². The molecule has 0 spiro atoms. The van der Waals surface area contributed by atoms with E-state index in [0.29, 0.717) is 13.0 Å². The summed E-state index contributed by atoms with van der Waals surface area (Å²) in [5.74, 6) is -0.366. The van der Waals surface area contributed by atoms with Gasteiger partial charge in [-0.05, 0) is 26.3 Å². The summed E-state index contributed by atoms with van der Waals surface area (Å²) in [4.78, 5) is 13.8. The van der Waals surface area contributed by atoms with E-state index in [9.17, 15) is 9.90 Å². The van der Waals surface area contributed by atoms with Gasteiger partial charge in [0, 0.05) is 24.8 Å². The van der Waals surface area contributed by atoms with Gasteiger partial charge in [-0.25, -0.2) is 0 Å². The number of nitrogens with zero attached hydrogens (tertiary/aromatic N) is 3. The molecule has 2 unspecified atom stereocenters. The van der Waals surface area contributed by atoms with Gasteiger partial charge in [-0.1, -0.05) is 0 Å². The predicted molar refractivity (Wildman–Crippen MR) is 69.4 cm³/mol. The fourth-order valence-electron chi connectivity index (χ4n) is 2.54. The van der Waals surface area contributed by atoms with Crippen molar-refractivity contribution in [1.29, 1.82) is 0 Å². The van der Waals surface area contributed by atoms with Crippen LogP contribution in [0.1, 0.15) is 25.3 Å². The normalized spacial score (nSPS) is 24.4. The predicted octanol–water partition coefficient (Wildman–Crippen LogP) is 0.401. The molecule has 0 saturated carbocycles. The minimum absolute atomic E-state index is 0.366. The summed E-state index contributed by atoms with van der Waals surface area (Å²) in [6.07, 6.45) is 4.65. The Bertz CT molecular complexity index is 433. The highest BCUT2D eigenvalue weighted by Gasteiger charge is 2.36. The number of carbonyl (C=O) groups is 1. The zero-order valence-corrected chi connectivity index (χ0v) is 11.5. The molecule has 0 radical (unpaired) electrons. The van der Waals surface area contributed by atoms with Crippen LogP contribution in [0, 0.1) is 0 Å². The van der Waals surface area contributed by atoms with Crippen molar-refractivity contribution < 1.29 is 14.6 Å². The lowest BCUT2D eigenvalue weighted by Gasteiger charge is -2.36. The number of hydrogen-bond donors (Lipinski definition) is 1. The maximum Gasteiger partial charge on any atom is 0.325 e. The first-order valence-electron chi connectivity index (χ1n) is 6.67. The third kappa shape index (κ3) is 3.13. The van der Waals surface area contributed by atoms with Gasteiger partial charge in [0.15, 0.2) is 0 Å². The molecule has 6 nitrogen and oxygen atoms in total. The van der Waals surface area contributed by atoms with Gasteiger partial charge in [-0.2, -0.15) is 5.10 Å². The number of likely N-dealkylation sites (tertiary alicyclic amines) is 1. The summed E-state index contributed by atoms with van der Waals surface area (Å²) in [7, 11) is 1.36. The molecule has 2 atom stereocenters. The molecule has 1 aliphatic rings. The molecular weight excluding hydrogens is 246 g/mol. The van der Waals surface area contributed by atoms with Crippen LogP contribution in [-0.2, 0) is 22.6 Å². The minimum atomic E-state index is -0.651. The lowest BCUT2D eigenvalue weighted by Crippen LogP contribution is -2.52. The summed E-state index contributed by atoms with van der Waals surface area (Å²) < 4.78 is 6.64. The fourth-order valence-corrected chi connectivity index (χ4v) is 2.54. The molecular formula is C13H21N3O3. The zero-order valence-electron chi connectivity index (χ0n) is 11.5. The lowest BCUT2D eigenvalue weighted by atomic mass is 9.98. The maximum atomic E-state index is 11.8. The van der Waals surface area contributed by atoms with Gasteiger partial charge in [0.25, 0.3) is 0 Å². The molecule has 1 saturated heterocycles. The number of aromatic nitrogens is 2. The van der Waals surface area contributed by atoms with Crippen LogP contribution in [0.15, 0.2) is 12.4 Å². The SMILES string of the molecule is CCn1cc(CN2CCCC(O)C2C(=O)OC)cn1. The van der Waals surface area contributed by atoms with E-state index in [1.54, 1.807) is 6.20 Å². The van der Waals surface area contributed by atoms with Crippen molar-refractivity contribution in [2.24, 2.45) is 0 Å². The van der Waals surface area contributed by atoms with Gasteiger partial charge < -0.3 is 9.84 Å². The molecule has 0 aliphatic carbocycles. The second kappa shape index (κ2) is 6.16. The molecule has 2 rings (SSSR count). The third-order valence-corrected chi connectivity index (χ3v) is 3.54. The van der Waals surface area contributed by atoms with E-state index in [4.69, 9.17) is 4.74 Å². The standard InChI is InChI=1S/C13H21N3O3/c1-3-16-9-10(7-14-16)8-15-6-4-5-11(17)12(15)13(18)19-2/h7,9,11-12,17H,3-6,8H2,1-2H3. The first-order chi connectivity index (χ1) is 9.15. The molecule has 0 amide bonds. The average Bonchev–Trinajstić information content (AvgIpc) is 2.86. The maximum absolute atomic E-state index is 11.8. The topological polar surface area (TPSA) is 67.6 Å². The van der Waals surface area contributed by atoms with Crippen LogP contribution in [0.4, 0.5) is 0 Å². The highest BCUT2D eigenvalue weighted by Crippen LogP contribution is 2.21. The number of esters is 1. The summed E-state index contributed by atoms with van der Waals surface area (Å²) in [6, 6.07) is -0.566. The number of aryl methyl sites for hydroxylation is 1. The van der Waals surface area contributed by atoms with Crippen molar-refractivity contribution in [3.05, 3.63) is 18.0 Å². The summed E-state index contributed by atoms with van der Waals surface area (Å²) in [6.45, 7) is 4.24. The summed E-state index contributed by atoms with van der Waals surface area (Å²) in [5.41, 5.74) is 1.05. The molecule has 6 heteroatoms. The van der Waals surface area contributed by atoms with E-state index in [2.05, 4.69) is 5.10 Å². The van der Waals surface area contributed by atoms with Crippen LogP contribution in [0.5, 0.6) is 0 Å². The van der Waals surface area contributed by atoms with Gasteiger partial charge in [0.05, 0.1) is 19.4 Å². The van der Waals surface area contributed by atoms with E-state index in [0.717, 1.165) is 25.1 Å². The second-order valence-electron chi connectivity index (χ2n) is 4.85. The number of ether oxygens (including phenoxy) is 1. The van der Waals surface area contributed by atoms with Crippen LogP contribution in [0.3, 0.4) is 0 Å². The van der Waals surface area contributed by atoms with Crippen molar-refractivity contribution in [3.63, 3.8) is 0 Å². The number of carbonyl (C=O) groups excluding carboxylic acids is 1. The zero-order chi connectivity index (χ0) is 13.8. The number of methoxy groups -OCH3 is 1. The quantitative estimate of drug-likeness (QED) is 0.800. The molecule has 1 fully saturated rings. The van der Waals surface area contributed by atoms with E-state index in [1.807, 2.05) is 22.7 Å². The van der Waals surface area contributed by atoms with Crippen molar-refractivity contribution >= 4 is 5.97 Å². The fraction of sp³-hybridized carbons (Fsp3) is 0.692. The van der Waals surface area contributed by atoms with Crippen molar-refractivity contribution in [2.75, 3.05) is 13.7 Å². The molecule has 1 N–H and O–H groups in total. The molecule has 1 aromatic rings. The Morgan fingerprint density at radius 2 is 2.42 bits per heavy atom. The monoisotopic (exact) mass is 267 g/mol. The van der Waals surface area contributed by atoms with Gasteiger partial charge in [-0.15, -0.1) is 0 Å². The van der Waals surface area contributed by atoms with Gasteiger partial charge >= 0.3 is 5.97 Å². The van der Waals surface area contributed by atoms with Crippen LogP contribution in [-0.4, -0.2) is 51.6 Å². The van der Waals surface area contributed by atoms with E-state index in [1.165, 1.54) is 7.11 Å². The Labute approximate surface area is 113 Å². The molecule has 1 aromatic heterocycles. The van der Waals surface area contributed by atoms with Crippen LogP contribution in [0.2, 0.25) is 0 Å². The number of hydrogen-bond acceptors (Lipinski definition) is 5. The highest BCUT2D eigenvalue weighted by atomic mass is 16.5. The van der Waals surface area contributed by atoms with Crippen LogP contribution in [0.25, 0.3) is 0 Å². The third-order valence-electron chi connectivity index (χ3n) is 3.54. The molecule has 1 aliphatic heterocycles. The first kappa shape index (κ1) is 14.0. The number of aliphatic hydroxyl groups excluding tert-OH is 1. The minimum Gasteiger partial charge on any atom is -0.468 e. The first-order valence-corrected chi connectivity index (χ1v) is 6.67. The van der Waals surface area contributed by atoms with Crippen molar-refractivity contribution in [2.45, 2.75) is 45.0 Å². The van der Waals surface area contributed by atoms with Crippen LogP contribution >= 0.6 is 0 Å². The molecule has 2 heterocycles. The Balaban J connectivity index is 2.09. The van der Waals surface area contributed by atoms with Crippen molar-refractivity contribution in [3.8, 4) is 0 Å². The Hall–Kier alpha value is -1.40. The molecule has 106 valence electrons. The Morgan fingerprint density at radius 3 is 3.05 bits per heavy atom. The number of rotatable bonds is 4. The Kier molecular flexibility index (Phi) is 4.55. The summed E-state index contributed by atoms with van der Waals surface area (Å²) in [5, 5.41) is 14.2. The molecule has 0 aromatic carbocycles. The second-order valence-corrected chi connectivity index (χ2v) is 4.85. The average molecular weight is 267 g/mol. The highest BCUT2D eigenvalue weighted by molar-refractivity contribution is 5.76. The number of aliphatic hydroxyl groups is 1. The number of piperidine rings is 1. The summed E-state index contributed by atoms with van der Waals surface area (Å²) >= 11 is 0. The van der Waals surface area contributed by atoms with Crippen molar-refractivity contribution in [1.82, 2.24) is 14.7 Å². The van der Waals surface area contributed by atoms with Crippen LogP contribution < -0.4 is 0 Å². The van der Waals surface area contributed by atoms with E-state index >= 15 is 0 Å². The molecule has 19 heavy (non-hydrogen) atoms.